The summed E-state index contributed by atoms with van der Waals surface area (Å²) in [5.74, 6) is 0.275. The Labute approximate surface area is 125 Å². The molecule has 0 unspecified atom stereocenters. The van der Waals surface area contributed by atoms with Crippen LogP contribution in [-0.2, 0) is 14.9 Å². The first-order valence-electron chi connectivity index (χ1n) is 6.89. The predicted molar refractivity (Wildman–Crippen MR) is 82.5 cm³/mol. The van der Waals surface area contributed by atoms with Crippen LogP contribution in [0.4, 0.5) is 0 Å². The molecule has 21 heavy (non-hydrogen) atoms. The van der Waals surface area contributed by atoms with Crippen molar-refractivity contribution in [3.8, 4) is 5.75 Å². The van der Waals surface area contributed by atoms with Gasteiger partial charge in [-0.05, 0) is 23.3 Å². The van der Waals surface area contributed by atoms with E-state index in [1.54, 1.807) is 0 Å². The smallest absolute Gasteiger partial charge is 0.343 e. The molecule has 0 bridgehead atoms. The Morgan fingerprint density at radius 1 is 0.952 bits per heavy atom. The molecule has 0 aliphatic carbocycles. The Morgan fingerprint density at radius 2 is 1.52 bits per heavy atom. The Bertz CT molecular complexity index is 586. The summed E-state index contributed by atoms with van der Waals surface area (Å²) in [5, 5.41) is 0. The van der Waals surface area contributed by atoms with E-state index in [9.17, 15) is 4.79 Å². The van der Waals surface area contributed by atoms with Gasteiger partial charge in [-0.2, -0.15) is 0 Å². The molecule has 3 nitrogen and oxygen atoms in total. The van der Waals surface area contributed by atoms with Crippen LogP contribution in [-0.4, -0.2) is 19.7 Å². The zero-order valence-electron chi connectivity index (χ0n) is 12.6. The molecule has 0 spiro atoms. The second kappa shape index (κ2) is 6.44. The fraction of sp³-hybridized carbons (Fsp3) is 0.278. The van der Waals surface area contributed by atoms with Gasteiger partial charge in [0.05, 0.1) is 7.11 Å². The first kappa shape index (κ1) is 15.1. The van der Waals surface area contributed by atoms with Gasteiger partial charge >= 0.3 is 5.97 Å². The van der Waals surface area contributed by atoms with Crippen molar-refractivity contribution in [1.82, 2.24) is 0 Å². The van der Waals surface area contributed by atoms with Crippen molar-refractivity contribution in [3.05, 3.63) is 65.7 Å². The van der Waals surface area contributed by atoms with Gasteiger partial charge in [-0.3, -0.25) is 0 Å². The molecule has 2 aromatic carbocycles. The average Bonchev–Trinajstić information content (AvgIpc) is 2.53. The Hall–Kier alpha value is -2.29. The van der Waals surface area contributed by atoms with E-state index in [0.29, 0.717) is 5.75 Å². The van der Waals surface area contributed by atoms with Crippen LogP contribution >= 0.6 is 0 Å². The molecule has 3 heteroatoms. The summed E-state index contributed by atoms with van der Waals surface area (Å²) >= 11 is 0. The molecular weight excluding hydrogens is 264 g/mol. The van der Waals surface area contributed by atoms with E-state index in [1.165, 1.54) is 18.2 Å². The third-order valence-electron chi connectivity index (χ3n) is 3.66. The number of benzene rings is 2. The minimum atomic E-state index is -0.385. The van der Waals surface area contributed by atoms with E-state index < -0.39 is 0 Å². The summed E-state index contributed by atoms with van der Waals surface area (Å²) in [5.41, 5.74) is 2.37. The molecule has 0 N–H and O–H groups in total. The standard InChI is InChI=1S/C18H20O3/c1-18(2,14-7-5-4-6-8-14)15-9-11-16(12-10-15)21-13-17(19)20-3/h4-12H,13H2,1-3H3. The van der Waals surface area contributed by atoms with Crippen molar-refractivity contribution in [2.24, 2.45) is 0 Å². The summed E-state index contributed by atoms with van der Waals surface area (Å²) < 4.78 is 9.90. The van der Waals surface area contributed by atoms with Gasteiger partial charge in [0, 0.05) is 5.41 Å². The summed E-state index contributed by atoms with van der Waals surface area (Å²) in [6, 6.07) is 18.2. The molecule has 2 aromatic rings. The maximum atomic E-state index is 11.0. The van der Waals surface area contributed by atoms with Gasteiger partial charge in [0.25, 0.3) is 0 Å². The van der Waals surface area contributed by atoms with E-state index in [-0.39, 0.29) is 18.0 Å². The first-order valence-corrected chi connectivity index (χ1v) is 6.89. The summed E-state index contributed by atoms with van der Waals surface area (Å²) in [4.78, 5) is 11.0. The summed E-state index contributed by atoms with van der Waals surface area (Å²) in [6.45, 7) is 4.30. The lowest BCUT2D eigenvalue weighted by Crippen LogP contribution is -2.18. The Kier molecular flexibility index (Phi) is 4.63. The van der Waals surface area contributed by atoms with Crippen LogP contribution in [0.3, 0.4) is 0 Å². The third kappa shape index (κ3) is 3.63. The normalized spacial score (nSPS) is 11.0. The van der Waals surface area contributed by atoms with E-state index >= 15 is 0 Å². The number of methoxy groups -OCH3 is 1. The monoisotopic (exact) mass is 284 g/mol. The lowest BCUT2D eigenvalue weighted by molar-refractivity contribution is -0.142. The van der Waals surface area contributed by atoms with E-state index in [2.05, 4.69) is 30.7 Å². The minimum Gasteiger partial charge on any atom is -0.482 e. The lowest BCUT2D eigenvalue weighted by atomic mass is 9.78. The number of hydrogen-bond acceptors (Lipinski definition) is 3. The number of esters is 1. The van der Waals surface area contributed by atoms with Crippen LogP contribution in [0.5, 0.6) is 5.75 Å². The molecular formula is C18H20O3. The molecule has 0 atom stereocenters. The van der Waals surface area contributed by atoms with Crippen molar-refractivity contribution in [2.75, 3.05) is 13.7 Å². The lowest BCUT2D eigenvalue weighted by Gasteiger charge is -2.26. The molecule has 0 fully saturated rings. The summed E-state index contributed by atoms with van der Waals surface area (Å²) in [7, 11) is 1.34. The van der Waals surface area contributed by atoms with Crippen molar-refractivity contribution in [3.63, 3.8) is 0 Å². The van der Waals surface area contributed by atoms with Crippen LogP contribution in [0.25, 0.3) is 0 Å². The zero-order valence-corrected chi connectivity index (χ0v) is 12.6. The van der Waals surface area contributed by atoms with Gasteiger partial charge in [-0.25, -0.2) is 4.79 Å². The predicted octanol–water partition coefficient (Wildman–Crippen LogP) is 3.56. The molecule has 2 rings (SSSR count). The number of rotatable bonds is 5. The molecule has 0 saturated carbocycles. The average molecular weight is 284 g/mol. The van der Waals surface area contributed by atoms with Gasteiger partial charge in [0.15, 0.2) is 6.61 Å². The quantitative estimate of drug-likeness (QED) is 0.787. The Morgan fingerprint density at radius 3 is 2.10 bits per heavy atom. The van der Waals surface area contributed by atoms with Crippen LogP contribution in [0.1, 0.15) is 25.0 Å². The van der Waals surface area contributed by atoms with Crippen molar-refractivity contribution < 1.29 is 14.3 Å². The highest BCUT2D eigenvalue weighted by Crippen LogP contribution is 2.32. The highest BCUT2D eigenvalue weighted by molar-refractivity contribution is 5.70. The summed E-state index contributed by atoms with van der Waals surface area (Å²) in [6.07, 6.45) is 0. The maximum absolute atomic E-state index is 11.0. The highest BCUT2D eigenvalue weighted by Gasteiger charge is 2.22. The second-order valence-corrected chi connectivity index (χ2v) is 5.38. The first-order chi connectivity index (χ1) is 10.0. The number of ether oxygens (including phenoxy) is 2. The zero-order chi connectivity index (χ0) is 15.3. The Balaban J connectivity index is 2.13. The van der Waals surface area contributed by atoms with Crippen LogP contribution in [0.2, 0.25) is 0 Å². The van der Waals surface area contributed by atoms with E-state index in [1.807, 2.05) is 42.5 Å². The van der Waals surface area contributed by atoms with Crippen LogP contribution in [0, 0.1) is 0 Å². The van der Waals surface area contributed by atoms with Gasteiger partial charge in [-0.1, -0.05) is 56.3 Å². The number of hydrogen-bond donors (Lipinski definition) is 0. The molecule has 0 aliphatic rings. The fourth-order valence-corrected chi connectivity index (χ4v) is 2.19. The van der Waals surface area contributed by atoms with Gasteiger partial charge in [0.1, 0.15) is 5.75 Å². The topological polar surface area (TPSA) is 35.5 Å². The largest absolute Gasteiger partial charge is 0.482 e. The van der Waals surface area contributed by atoms with Crippen molar-refractivity contribution in [1.29, 1.82) is 0 Å². The van der Waals surface area contributed by atoms with E-state index in [0.717, 1.165) is 0 Å². The SMILES string of the molecule is COC(=O)COc1ccc(C(C)(C)c2ccccc2)cc1. The van der Waals surface area contributed by atoms with Gasteiger partial charge in [0.2, 0.25) is 0 Å². The van der Waals surface area contributed by atoms with Gasteiger partial charge in [-0.15, -0.1) is 0 Å². The highest BCUT2D eigenvalue weighted by atomic mass is 16.6. The van der Waals surface area contributed by atoms with Crippen LogP contribution < -0.4 is 4.74 Å². The van der Waals surface area contributed by atoms with E-state index in [4.69, 9.17) is 4.74 Å². The molecule has 0 aromatic heterocycles. The molecule has 0 aliphatic heterocycles. The molecule has 0 saturated heterocycles. The number of carbonyl (C=O) groups is 1. The van der Waals surface area contributed by atoms with Crippen molar-refractivity contribution >= 4 is 5.97 Å². The third-order valence-corrected chi connectivity index (χ3v) is 3.66. The second-order valence-electron chi connectivity index (χ2n) is 5.38. The van der Waals surface area contributed by atoms with Crippen LogP contribution in [0.15, 0.2) is 54.6 Å². The molecule has 0 radical (unpaired) electrons. The molecule has 110 valence electrons. The number of carbonyl (C=O) groups excluding carboxylic acids is 1. The van der Waals surface area contributed by atoms with Crippen molar-refractivity contribution in [2.45, 2.75) is 19.3 Å². The maximum Gasteiger partial charge on any atom is 0.343 e. The molecule has 0 heterocycles. The molecule has 0 amide bonds. The minimum absolute atomic E-state index is 0.0715. The fourth-order valence-electron chi connectivity index (χ4n) is 2.19. The van der Waals surface area contributed by atoms with Gasteiger partial charge < -0.3 is 9.47 Å².